The van der Waals surface area contributed by atoms with Crippen LogP contribution in [-0.2, 0) is 5.33 Å². The van der Waals surface area contributed by atoms with E-state index in [1.807, 2.05) is 12.1 Å². The third-order valence-electron chi connectivity index (χ3n) is 1.70. The van der Waals surface area contributed by atoms with Crippen molar-refractivity contribution in [2.75, 3.05) is 12.4 Å². The molecule has 1 rings (SSSR count). The van der Waals surface area contributed by atoms with Gasteiger partial charge in [-0.3, -0.25) is 0 Å². The second-order valence-electron chi connectivity index (χ2n) is 2.92. The van der Waals surface area contributed by atoms with E-state index in [1.165, 1.54) is 0 Å². The highest BCUT2D eigenvalue weighted by molar-refractivity contribution is 9.08. The molecule has 0 spiro atoms. The number of halogens is 4. The van der Waals surface area contributed by atoms with Gasteiger partial charge < -0.3 is 4.74 Å². The second-order valence-corrected chi connectivity index (χ2v) is 4.64. The molecule has 6 heteroatoms. The van der Waals surface area contributed by atoms with Crippen molar-refractivity contribution in [1.29, 1.82) is 0 Å². The molecular formula is C10H10BrF3OS. The van der Waals surface area contributed by atoms with Gasteiger partial charge in [-0.15, -0.1) is 0 Å². The van der Waals surface area contributed by atoms with Crippen LogP contribution < -0.4 is 4.74 Å². The molecule has 1 nitrogen and oxygen atoms in total. The van der Waals surface area contributed by atoms with Gasteiger partial charge in [-0.2, -0.15) is 13.2 Å². The van der Waals surface area contributed by atoms with E-state index in [1.54, 1.807) is 12.1 Å². The van der Waals surface area contributed by atoms with E-state index in [-0.39, 0.29) is 24.1 Å². The maximum Gasteiger partial charge on any atom is 0.441 e. The number of hydrogen-bond acceptors (Lipinski definition) is 2. The summed E-state index contributed by atoms with van der Waals surface area (Å²) in [4.78, 5) is 0. The summed E-state index contributed by atoms with van der Waals surface area (Å²) >= 11 is 3.23. The number of benzene rings is 1. The normalized spacial score (nSPS) is 11.5. The molecule has 0 heterocycles. The van der Waals surface area contributed by atoms with Gasteiger partial charge in [0.05, 0.1) is 6.61 Å². The molecule has 0 bridgehead atoms. The molecule has 0 fully saturated rings. The summed E-state index contributed by atoms with van der Waals surface area (Å²) in [5, 5.41) is 0.747. The molecule has 0 radical (unpaired) electrons. The molecule has 1 aromatic rings. The first-order chi connectivity index (χ1) is 7.51. The fourth-order valence-electron chi connectivity index (χ4n) is 0.992. The summed E-state index contributed by atoms with van der Waals surface area (Å²) in [6.45, 7) is 0.0534. The number of thioether (sulfide) groups is 1. The topological polar surface area (TPSA) is 9.23 Å². The van der Waals surface area contributed by atoms with E-state index in [9.17, 15) is 13.2 Å². The highest BCUT2D eigenvalue weighted by Crippen LogP contribution is 2.29. The molecule has 0 aliphatic heterocycles. The Balaban J connectivity index is 2.27. The van der Waals surface area contributed by atoms with Crippen molar-refractivity contribution in [1.82, 2.24) is 0 Å². The molecule has 0 saturated carbocycles. The zero-order valence-corrected chi connectivity index (χ0v) is 10.7. The first-order valence-electron chi connectivity index (χ1n) is 4.49. The van der Waals surface area contributed by atoms with E-state index < -0.39 is 5.51 Å². The molecule has 0 amide bonds. The van der Waals surface area contributed by atoms with Crippen LogP contribution in [0.3, 0.4) is 0 Å². The van der Waals surface area contributed by atoms with Gasteiger partial charge in [0.15, 0.2) is 0 Å². The maximum atomic E-state index is 11.8. The Labute approximate surface area is 104 Å². The van der Waals surface area contributed by atoms with Crippen LogP contribution in [0.4, 0.5) is 13.2 Å². The molecule has 0 aliphatic rings. The van der Waals surface area contributed by atoms with Crippen LogP contribution in [0, 0.1) is 0 Å². The second kappa shape index (κ2) is 6.39. The smallest absolute Gasteiger partial charge is 0.441 e. The Morgan fingerprint density at radius 2 is 1.81 bits per heavy atom. The number of rotatable bonds is 5. The van der Waals surface area contributed by atoms with Crippen molar-refractivity contribution < 1.29 is 17.9 Å². The van der Waals surface area contributed by atoms with E-state index in [0.717, 1.165) is 10.9 Å². The fourth-order valence-corrected chi connectivity index (χ4v) is 1.76. The first-order valence-corrected chi connectivity index (χ1v) is 6.60. The van der Waals surface area contributed by atoms with Crippen molar-refractivity contribution in [3.05, 3.63) is 29.8 Å². The molecule has 90 valence electrons. The number of alkyl halides is 4. The number of hydrogen-bond donors (Lipinski definition) is 0. The maximum absolute atomic E-state index is 11.8. The molecule has 0 aromatic heterocycles. The number of ether oxygens (including phenoxy) is 1. The van der Waals surface area contributed by atoms with Gasteiger partial charge >= 0.3 is 5.51 Å². The van der Waals surface area contributed by atoms with Crippen molar-refractivity contribution in [3.63, 3.8) is 0 Å². The standard InChI is InChI=1S/C10H10BrF3OS/c11-7-8-1-3-9(4-2-8)15-5-6-16-10(12,13)14/h1-4H,5-7H2. The summed E-state index contributed by atoms with van der Waals surface area (Å²) in [5.41, 5.74) is -3.08. The quantitative estimate of drug-likeness (QED) is 0.594. The highest BCUT2D eigenvalue weighted by atomic mass is 79.9. The minimum atomic E-state index is -4.18. The van der Waals surface area contributed by atoms with E-state index in [4.69, 9.17) is 4.74 Å². The minimum Gasteiger partial charge on any atom is -0.493 e. The molecule has 0 unspecified atom stereocenters. The lowest BCUT2D eigenvalue weighted by molar-refractivity contribution is -0.0329. The van der Waals surface area contributed by atoms with Crippen molar-refractivity contribution in [3.8, 4) is 5.75 Å². The lowest BCUT2D eigenvalue weighted by Crippen LogP contribution is -2.07. The van der Waals surface area contributed by atoms with Gasteiger partial charge in [0.1, 0.15) is 5.75 Å². The summed E-state index contributed by atoms with van der Waals surface area (Å²) in [6, 6.07) is 7.21. The summed E-state index contributed by atoms with van der Waals surface area (Å²) in [7, 11) is 0. The van der Waals surface area contributed by atoms with Gasteiger partial charge in [-0.1, -0.05) is 28.1 Å². The van der Waals surface area contributed by atoms with E-state index in [0.29, 0.717) is 5.75 Å². The highest BCUT2D eigenvalue weighted by Gasteiger charge is 2.27. The summed E-state index contributed by atoms with van der Waals surface area (Å²) < 4.78 is 40.5. The Morgan fingerprint density at radius 1 is 1.19 bits per heavy atom. The lowest BCUT2D eigenvalue weighted by atomic mass is 10.2. The Kier molecular flexibility index (Phi) is 5.48. The summed E-state index contributed by atoms with van der Waals surface area (Å²) in [5.74, 6) is 0.497. The molecule has 16 heavy (non-hydrogen) atoms. The average Bonchev–Trinajstić information content (AvgIpc) is 2.24. The first kappa shape index (κ1) is 13.7. The van der Waals surface area contributed by atoms with E-state index >= 15 is 0 Å². The van der Waals surface area contributed by atoms with Crippen molar-refractivity contribution in [2.45, 2.75) is 10.8 Å². The predicted octanol–water partition coefficient (Wildman–Crippen LogP) is 4.21. The fraction of sp³-hybridized carbons (Fsp3) is 0.400. The monoisotopic (exact) mass is 314 g/mol. The minimum absolute atomic E-state index is 0.0534. The van der Waals surface area contributed by atoms with Crippen LogP contribution in [0.5, 0.6) is 5.75 Å². The van der Waals surface area contributed by atoms with Crippen LogP contribution in [0.15, 0.2) is 24.3 Å². The van der Waals surface area contributed by atoms with Crippen molar-refractivity contribution in [2.24, 2.45) is 0 Å². The van der Waals surface area contributed by atoms with Gasteiger partial charge in [0.2, 0.25) is 0 Å². The van der Waals surface area contributed by atoms with Crippen LogP contribution in [0.2, 0.25) is 0 Å². The van der Waals surface area contributed by atoms with Crippen LogP contribution in [0.1, 0.15) is 5.56 Å². The van der Waals surface area contributed by atoms with Crippen LogP contribution in [0.25, 0.3) is 0 Å². The van der Waals surface area contributed by atoms with Gasteiger partial charge in [-0.25, -0.2) is 0 Å². The molecule has 0 saturated heterocycles. The van der Waals surface area contributed by atoms with Crippen LogP contribution >= 0.6 is 27.7 Å². The molecule has 1 aromatic carbocycles. The largest absolute Gasteiger partial charge is 0.493 e. The zero-order chi connectivity index (χ0) is 12.0. The SMILES string of the molecule is FC(F)(F)SCCOc1ccc(CBr)cc1. The molecule has 0 aliphatic carbocycles. The van der Waals surface area contributed by atoms with Gasteiger partial charge in [-0.05, 0) is 29.5 Å². The Morgan fingerprint density at radius 3 is 2.31 bits per heavy atom. The van der Waals surface area contributed by atoms with Crippen molar-refractivity contribution >= 4 is 27.7 Å². The third-order valence-corrected chi connectivity index (χ3v) is 3.04. The molecular weight excluding hydrogens is 305 g/mol. The summed E-state index contributed by atoms with van der Waals surface area (Å²) in [6.07, 6.45) is 0. The average molecular weight is 315 g/mol. The van der Waals surface area contributed by atoms with E-state index in [2.05, 4.69) is 15.9 Å². The lowest BCUT2D eigenvalue weighted by Gasteiger charge is -2.08. The zero-order valence-electron chi connectivity index (χ0n) is 8.26. The van der Waals surface area contributed by atoms with Gasteiger partial charge in [0.25, 0.3) is 0 Å². The Hall–Kier alpha value is -0.360. The van der Waals surface area contributed by atoms with Gasteiger partial charge in [0, 0.05) is 11.1 Å². The Bertz CT molecular complexity index is 313. The third kappa shape index (κ3) is 5.65. The molecule has 0 atom stereocenters. The molecule has 0 N–H and O–H groups in total. The van der Waals surface area contributed by atoms with Crippen LogP contribution in [-0.4, -0.2) is 17.9 Å². The predicted molar refractivity (Wildman–Crippen MR) is 63.1 cm³/mol.